The number of imide groups is 3. The second-order valence-electron chi connectivity index (χ2n) is 2.71. The van der Waals surface area contributed by atoms with Crippen molar-refractivity contribution in [2.75, 3.05) is 0 Å². The van der Waals surface area contributed by atoms with E-state index >= 15 is 0 Å². The van der Waals surface area contributed by atoms with Gasteiger partial charge in [-0.25, -0.2) is 0 Å². The Morgan fingerprint density at radius 2 is 2.20 bits per heavy atom. The van der Waals surface area contributed by atoms with E-state index in [1.165, 1.54) is 18.4 Å². The van der Waals surface area contributed by atoms with Crippen molar-refractivity contribution in [2.45, 2.75) is 0 Å². The van der Waals surface area contributed by atoms with Gasteiger partial charge in [-0.1, -0.05) is 6.58 Å². The van der Waals surface area contributed by atoms with Gasteiger partial charge in [0.25, 0.3) is 5.91 Å². The molecular formula is C9H5NO4S. The summed E-state index contributed by atoms with van der Waals surface area (Å²) in [5, 5.41) is -0.647. The van der Waals surface area contributed by atoms with Crippen molar-refractivity contribution in [1.29, 1.82) is 0 Å². The highest BCUT2D eigenvalue weighted by Crippen LogP contribution is 2.30. The van der Waals surface area contributed by atoms with Gasteiger partial charge >= 0.3 is 11.1 Å². The van der Waals surface area contributed by atoms with E-state index in [1.807, 2.05) is 0 Å². The normalized spacial score (nSPS) is 16.3. The zero-order valence-electron chi connectivity index (χ0n) is 7.43. The van der Waals surface area contributed by atoms with Gasteiger partial charge in [0.1, 0.15) is 0 Å². The topological polar surface area (TPSA) is 67.6 Å². The van der Waals surface area contributed by atoms with Crippen LogP contribution >= 0.6 is 11.8 Å². The van der Waals surface area contributed by atoms with Gasteiger partial charge in [-0.05, 0) is 23.9 Å². The highest BCUT2D eigenvalue weighted by Gasteiger charge is 2.40. The van der Waals surface area contributed by atoms with E-state index in [1.54, 1.807) is 0 Å². The summed E-state index contributed by atoms with van der Waals surface area (Å²) in [5.41, 5.74) is 0. The maximum absolute atomic E-state index is 11.6. The van der Waals surface area contributed by atoms with E-state index in [-0.39, 0.29) is 10.7 Å². The molecule has 1 fully saturated rings. The van der Waals surface area contributed by atoms with Gasteiger partial charge in [0.05, 0.1) is 11.2 Å². The van der Waals surface area contributed by atoms with E-state index in [0.717, 1.165) is 0 Å². The average molecular weight is 223 g/mol. The Balaban J connectivity index is 2.32. The predicted molar refractivity (Wildman–Crippen MR) is 52.0 cm³/mol. The fraction of sp³-hybridized carbons (Fsp3) is 0. The Hall–Kier alpha value is -1.82. The summed E-state index contributed by atoms with van der Waals surface area (Å²) >= 11 is 0.643. The summed E-state index contributed by atoms with van der Waals surface area (Å²) in [7, 11) is 0. The lowest BCUT2D eigenvalue weighted by Gasteiger charge is -2.07. The molecule has 1 aliphatic heterocycles. The zero-order valence-corrected chi connectivity index (χ0v) is 8.24. The maximum atomic E-state index is 11.6. The third-order valence-corrected chi connectivity index (χ3v) is 2.55. The van der Waals surface area contributed by atoms with Crippen LogP contribution in [0.25, 0.3) is 0 Å². The lowest BCUT2D eigenvalue weighted by Crippen LogP contribution is -2.34. The fourth-order valence-electron chi connectivity index (χ4n) is 1.09. The van der Waals surface area contributed by atoms with Crippen molar-refractivity contribution in [3.8, 4) is 0 Å². The monoisotopic (exact) mass is 223 g/mol. The number of thioether (sulfide) groups is 1. The van der Waals surface area contributed by atoms with Gasteiger partial charge in [-0.2, -0.15) is 4.90 Å². The van der Waals surface area contributed by atoms with E-state index < -0.39 is 17.1 Å². The first-order chi connectivity index (χ1) is 7.11. The summed E-state index contributed by atoms with van der Waals surface area (Å²) in [6.07, 6.45) is 1.29. The molecule has 0 saturated carbocycles. The van der Waals surface area contributed by atoms with Crippen LogP contribution in [0, 0.1) is 0 Å². The van der Waals surface area contributed by atoms with Crippen LogP contribution in [0.1, 0.15) is 10.6 Å². The molecule has 6 heteroatoms. The Kier molecular flexibility index (Phi) is 2.20. The summed E-state index contributed by atoms with van der Waals surface area (Å²) in [4.78, 5) is 34.8. The zero-order chi connectivity index (χ0) is 11.0. The highest BCUT2D eigenvalue weighted by atomic mass is 32.2. The molecular weight excluding hydrogens is 218 g/mol. The molecule has 76 valence electrons. The van der Waals surface area contributed by atoms with Crippen LogP contribution in [0.15, 0.2) is 34.3 Å². The average Bonchev–Trinajstić information content (AvgIpc) is 2.76. The van der Waals surface area contributed by atoms with Crippen LogP contribution in [0.3, 0.4) is 0 Å². The van der Waals surface area contributed by atoms with Crippen LogP contribution < -0.4 is 0 Å². The largest absolute Gasteiger partial charge is 0.459 e. The van der Waals surface area contributed by atoms with Crippen molar-refractivity contribution in [3.63, 3.8) is 0 Å². The van der Waals surface area contributed by atoms with E-state index in [0.29, 0.717) is 16.7 Å². The van der Waals surface area contributed by atoms with Gasteiger partial charge in [0.15, 0.2) is 5.76 Å². The first kappa shape index (κ1) is 9.72. The first-order valence-corrected chi connectivity index (χ1v) is 4.76. The molecule has 1 aromatic heterocycles. The number of hydrogen-bond acceptors (Lipinski definition) is 5. The maximum Gasteiger partial charge on any atom is 0.303 e. The Bertz CT molecular complexity index is 462. The number of furan rings is 1. The molecule has 0 N–H and O–H groups in total. The number of rotatable bonds is 1. The molecule has 3 amide bonds. The lowest BCUT2D eigenvalue weighted by molar-refractivity contribution is -0.121. The molecule has 2 rings (SSSR count). The number of nitrogens with zero attached hydrogens (tertiary/aromatic N) is 1. The molecule has 0 spiro atoms. The molecule has 1 aliphatic rings. The van der Waals surface area contributed by atoms with E-state index in [9.17, 15) is 14.4 Å². The molecule has 1 saturated heterocycles. The molecule has 0 atom stereocenters. The Morgan fingerprint density at radius 1 is 1.47 bits per heavy atom. The standard InChI is InChI=1S/C9H5NO4S/c1-5-7(11)10(9(13)15-5)8(12)6-3-2-4-14-6/h2-4H,1H2. The number of carbonyl (C=O) groups is 3. The van der Waals surface area contributed by atoms with Crippen molar-refractivity contribution < 1.29 is 18.8 Å². The van der Waals surface area contributed by atoms with E-state index in [4.69, 9.17) is 4.42 Å². The van der Waals surface area contributed by atoms with Crippen molar-refractivity contribution in [3.05, 3.63) is 35.6 Å². The smallest absolute Gasteiger partial charge is 0.303 e. The third-order valence-electron chi connectivity index (χ3n) is 1.77. The molecule has 1 aromatic rings. The highest BCUT2D eigenvalue weighted by molar-refractivity contribution is 8.18. The minimum atomic E-state index is -0.763. The van der Waals surface area contributed by atoms with Crippen LogP contribution in [-0.4, -0.2) is 22.0 Å². The van der Waals surface area contributed by atoms with Crippen LogP contribution in [0.2, 0.25) is 0 Å². The molecule has 0 bridgehead atoms. The van der Waals surface area contributed by atoms with Gasteiger partial charge in [0.2, 0.25) is 0 Å². The molecule has 5 nitrogen and oxygen atoms in total. The number of hydrogen-bond donors (Lipinski definition) is 0. The van der Waals surface area contributed by atoms with Crippen LogP contribution in [0.5, 0.6) is 0 Å². The molecule has 15 heavy (non-hydrogen) atoms. The predicted octanol–water partition coefficient (Wildman–Crippen LogP) is 1.63. The Labute approximate surface area is 88.7 Å². The van der Waals surface area contributed by atoms with E-state index in [2.05, 4.69) is 6.58 Å². The molecule has 0 aromatic carbocycles. The minimum absolute atomic E-state index is 0.0416. The van der Waals surface area contributed by atoms with Crippen molar-refractivity contribution in [1.82, 2.24) is 4.90 Å². The SMILES string of the molecule is C=C1SC(=O)N(C(=O)c2ccco2)C1=O. The number of carbonyl (C=O) groups excluding carboxylic acids is 3. The number of amides is 3. The molecule has 0 radical (unpaired) electrons. The van der Waals surface area contributed by atoms with Crippen LogP contribution in [0.4, 0.5) is 4.79 Å². The van der Waals surface area contributed by atoms with Gasteiger partial charge in [-0.15, -0.1) is 0 Å². The summed E-state index contributed by atoms with van der Waals surface area (Å²) in [6.45, 7) is 3.37. The van der Waals surface area contributed by atoms with Gasteiger partial charge in [0, 0.05) is 0 Å². The quantitative estimate of drug-likeness (QED) is 0.534. The van der Waals surface area contributed by atoms with Crippen LogP contribution in [-0.2, 0) is 4.79 Å². The van der Waals surface area contributed by atoms with Crippen molar-refractivity contribution in [2.24, 2.45) is 0 Å². The molecule has 0 aliphatic carbocycles. The second kappa shape index (κ2) is 3.39. The second-order valence-corrected chi connectivity index (χ2v) is 3.76. The minimum Gasteiger partial charge on any atom is -0.459 e. The fourth-order valence-corrected chi connectivity index (χ4v) is 1.73. The first-order valence-electron chi connectivity index (χ1n) is 3.94. The summed E-state index contributed by atoms with van der Waals surface area (Å²) < 4.78 is 4.81. The molecule has 0 unspecified atom stereocenters. The Morgan fingerprint density at radius 3 is 2.67 bits per heavy atom. The van der Waals surface area contributed by atoms with Gasteiger partial charge < -0.3 is 4.42 Å². The third kappa shape index (κ3) is 1.48. The summed E-state index contributed by atoms with van der Waals surface area (Å²) in [5.74, 6) is -1.50. The van der Waals surface area contributed by atoms with Gasteiger partial charge in [-0.3, -0.25) is 14.4 Å². The summed E-state index contributed by atoms with van der Waals surface area (Å²) in [6, 6.07) is 2.88. The lowest BCUT2D eigenvalue weighted by atomic mass is 10.4. The van der Waals surface area contributed by atoms with Crippen molar-refractivity contribution >= 4 is 28.8 Å². The molecule has 2 heterocycles.